The van der Waals surface area contributed by atoms with Crippen LogP contribution >= 0.6 is 11.5 Å². The van der Waals surface area contributed by atoms with Gasteiger partial charge >= 0.3 is 0 Å². The molecule has 20 heavy (non-hydrogen) atoms. The second-order valence-corrected chi connectivity index (χ2v) is 6.18. The third kappa shape index (κ3) is 3.03. The van der Waals surface area contributed by atoms with Gasteiger partial charge in [-0.25, -0.2) is 8.93 Å². The van der Waals surface area contributed by atoms with Crippen LogP contribution in [0.4, 0.5) is 10.7 Å². The Morgan fingerprint density at radius 3 is 2.50 bits per heavy atom. The van der Waals surface area contributed by atoms with E-state index < -0.39 is 11.0 Å². The van der Waals surface area contributed by atoms with E-state index in [-0.39, 0.29) is 5.91 Å². The zero-order chi connectivity index (χ0) is 14.7. The summed E-state index contributed by atoms with van der Waals surface area (Å²) in [6.07, 6.45) is 0. The van der Waals surface area contributed by atoms with Crippen molar-refractivity contribution in [3.05, 3.63) is 35.5 Å². The molecule has 1 atom stereocenters. The van der Waals surface area contributed by atoms with Crippen molar-refractivity contribution >= 4 is 39.1 Å². The van der Waals surface area contributed by atoms with Gasteiger partial charge in [-0.05, 0) is 49.8 Å². The first kappa shape index (κ1) is 14.6. The van der Waals surface area contributed by atoms with E-state index in [9.17, 15) is 9.00 Å². The van der Waals surface area contributed by atoms with Crippen molar-refractivity contribution in [3.8, 4) is 0 Å². The number of rotatable bonds is 4. The van der Waals surface area contributed by atoms with E-state index in [0.717, 1.165) is 11.5 Å². The minimum absolute atomic E-state index is 0.295. The van der Waals surface area contributed by atoms with Gasteiger partial charge in [-0.2, -0.15) is 4.37 Å². The first-order chi connectivity index (χ1) is 9.52. The minimum atomic E-state index is -1.24. The molecule has 0 saturated carbocycles. The molecule has 1 heterocycles. The van der Waals surface area contributed by atoms with Crippen molar-refractivity contribution in [3.63, 3.8) is 0 Å². The van der Waals surface area contributed by atoms with E-state index in [1.807, 2.05) is 0 Å². The van der Waals surface area contributed by atoms with Crippen LogP contribution in [-0.4, -0.2) is 21.5 Å². The molecular weight excluding hydrogens is 296 g/mol. The van der Waals surface area contributed by atoms with E-state index in [4.69, 9.17) is 5.73 Å². The first-order valence-corrected chi connectivity index (χ1v) is 7.67. The quantitative estimate of drug-likeness (QED) is 0.797. The van der Waals surface area contributed by atoms with Crippen molar-refractivity contribution < 1.29 is 9.00 Å². The van der Waals surface area contributed by atoms with Crippen LogP contribution in [0.25, 0.3) is 0 Å². The predicted octanol–water partition coefficient (Wildman–Crippen LogP) is 1.53. The molecular formula is C12H14N4O2S2. The van der Waals surface area contributed by atoms with Crippen molar-refractivity contribution in [2.45, 2.75) is 11.8 Å². The van der Waals surface area contributed by atoms with Crippen LogP contribution < -0.4 is 15.8 Å². The van der Waals surface area contributed by atoms with Crippen LogP contribution in [0, 0.1) is 6.92 Å². The Bertz CT molecular complexity index is 632. The Hall–Kier alpha value is -1.77. The fraction of sp³-hybridized carbons (Fsp3) is 0.167. The fourth-order valence-corrected chi connectivity index (χ4v) is 2.91. The topological polar surface area (TPSA) is 97.1 Å². The van der Waals surface area contributed by atoms with Gasteiger partial charge in [0.15, 0.2) is 0 Å². The Labute approximate surface area is 123 Å². The number of nitrogens with two attached hydrogens (primary N) is 1. The molecule has 0 aliphatic rings. The smallest absolute Gasteiger partial charge is 0.260 e. The summed E-state index contributed by atoms with van der Waals surface area (Å²) in [7, 11) is 0.373. The highest BCUT2D eigenvalue weighted by molar-refractivity contribution is 7.83. The van der Waals surface area contributed by atoms with E-state index in [2.05, 4.69) is 14.4 Å². The van der Waals surface area contributed by atoms with Gasteiger partial charge in [-0.1, -0.05) is 0 Å². The summed E-state index contributed by atoms with van der Waals surface area (Å²) in [5, 5.41) is 3.13. The van der Waals surface area contributed by atoms with E-state index in [0.29, 0.717) is 26.8 Å². The molecule has 106 valence electrons. The SMILES string of the molecule is CNS(=O)c1ccc(NC(=O)c2c(C)nsc2N)cc1. The second kappa shape index (κ2) is 6.12. The Balaban J connectivity index is 2.15. The molecule has 2 rings (SSSR count). The Kier molecular flexibility index (Phi) is 4.48. The summed E-state index contributed by atoms with van der Waals surface area (Å²) < 4.78 is 18.2. The van der Waals surface area contributed by atoms with Crippen molar-refractivity contribution in [2.75, 3.05) is 18.1 Å². The molecule has 8 heteroatoms. The predicted molar refractivity (Wildman–Crippen MR) is 81.1 cm³/mol. The van der Waals surface area contributed by atoms with Crippen LogP contribution in [0.1, 0.15) is 16.1 Å². The van der Waals surface area contributed by atoms with Gasteiger partial charge in [0.25, 0.3) is 5.91 Å². The molecule has 2 aromatic rings. The average Bonchev–Trinajstić information content (AvgIpc) is 2.78. The number of anilines is 2. The molecule has 4 N–H and O–H groups in total. The first-order valence-electron chi connectivity index (χ1n) is 5.75. The van der Waals surface area contributed by atoms with Crippen LogP contribution in [0.2, 0.25) is 0 Å². The molecule has 0 aliphatic heterocycles. The normalized spacial score (nSPS) is 12.1. The highest BCUT2D eigenvalue weighted by atomic mass is 32.2. The molecule has 0 fully saturated rings. The lowest BCUT2D eigenvalue weighted by atomic mass is 10.2. The van der Waals surface area contributed by atoms with Gasteiger partial charge in [0.1, 0.15) is 16.0 Å². The van der Waals surface area contributed by atoms with Crippen LogP contribution in [0.5, 0.6) is 0 Å². The molecule has 1 aromatic carbocycles. The fourth-order valence-electron chi connectivity index (χ4n) is 1.64. The molecule has 1 unspecified atom stereocenters. The summed E-state index contributed by atoms with van der Waals surface area (Å²) in [4.78, 5) is 12.7. The van der Waals surface area contributed by atoms with Crippen LogP contribution in [0.15, 0.2) is 29.2 Å². The largest absolute Gasteiger partial charge is 0.389 e. The summed E-state index contributed by atoms with van der Waals surface area (Å²) >= 11 is 1.10. The Morgan fingerprint density at radius 2 is 2.00 bits per heavy atom. The van der Waals surface area contributed by atoms with Gasteiger partial charge in [0.05, 0.1) is 16.2 Å². The second-order valence-electron chi connectivity index (χ2n) is 3.96. The molecule has 0 bridgehead atoms. The number of amides is 1. The van der Waals surface area contributed by atoms with Crippen LogP contribution in [0.3, 0.4) is 0 Å². The number of carbonyl (C=O) groups excluding carboxylic acids is 1. The minimum Gasteiger partial charge on any atom is -0.389 e. The number of aryl methyl sites for hydroxylation is 1. The molecule has 0 radical (unpaired) electrons. The summed E-state index contributed by atoms with van der Waals surface area (Å²) in [5.41, 5.74) is 7.34. The van der Waals surface area contributed by atoms with Gasteiger partial charge in [-0.3, -0.25) is 4.79 Å². The lowest BCUT2D eigenvalue weighted by Gasteiger charge is -2.06. The van der Waals surface area contributed by atoms with E-state index in [1.165, 1.54) is 0 Å². The third-order valence-corrected chi connectivity index (χ3v) is 4.46. The standard InChI is InChI=1S/C12H14N4O2S2/c1-7-10(11(13)19-16-7)12(17)15-8-3-5-9(6-4-8)20(18)14-2/h3-6,14H,13H2,1-2H3,(H,15,17). The number of nitrogens with one attached hydrogen (secondary N) is 2. The van der Waals surface area contributed by atoms with Gasteiger partial charge in [-0.15, -0.1) is 0 Å². The maximum atomic E-state index is 12.1. The summed E-state index contributed by atoms with van der Waals surface area (Å²) in [6, 6.07) is 6.75. The number of aromatic nitrogens is 1. The number of hydrogen-bond acceptors (Lipinski definition) is 5. The maximum Gasteiger partial charge on any atom is 0.260 e. The summed E-state index contributed by atoms with van der Waals surface area (Å²) in [6.45, 7) is 1.74. The highest BCUT2D eigenvalue weighted by Crippen LogP contribution is 2.22. The number of hydrogen-bond donors (Lipinski definition) is 3. The van der Waals surface area contributed by atoms with Crippen molar-refractivity contribution in [2.24, 2.45) is 0 Å². The zero-order valence-corrected chi connectivity index (χ0v) is 12.6. The lowest BCUT2D eigenvalue weighted by molar-refractivity contribution is 0.102. The number of benzene rings is 1. The molecule has 6 nitrogen and oxygen atoms in total. The maximum absolute atomic E-state index is 12.1. The zero-order valence-electron chi connectivity index (χ0n) is 11.0. The molecule has 0 saturated heterocycles. The van der Waals surface area contributed by atoms with Gasteiger partial charge < -0.3 is 11.1 Å². The number of nitrogens with zero attached hydrogens (tertiary/aromatic N) is 1. The molecule has 1 amide bonds. The van der Waals surface area contributed by atoms with Crippen LogP contribution in [-0.2, 0) is 11.0 Å². The molecule has 0 spiro atoms. The number of nitrogen functional groups attached to an aromatic ring is 1. The third-order valence-electron chi connectivity index (χ3n) is 2.63. The molecule has 0 aliphatic carbocycles. The monoisotopic (exact) mass is 310 g/mol. The average molecular weight is 310 g/mol. The lowest BCUT2D eigenvalue weighted by Crippen LogP contribution is -2.14. The Morgan fingerprint density at radius 1 is 1.35 bits per heavy atom. The summed E-state index contributed by atoms with van der Waals surface area (Å²) in [5.74, 6) is -0.295. The van der Waals surface area contributed by atoms with Crippen molar-refractivity contribution in [1.82, 2.24) is 9.10 Å². The van der Waals surface area contributed by atoms with Gasteiger partial charge in [0, 0.05) is 5.69 Å². The number of carbonyl (C=O) groups is 1. The molecule has 1 aromatic heterocycles. The van der Waals surface area contributed by atoms with E-state index in [1.54, 1.807) is 38.2 Å². The van der Waals surface area contributed by atoms with Crippen molar-refractivity contribution in [1.29, 1.82) is 0 Å². The van der Waals surface area contributed by atoms with Gasteiger partial charge in [0.2, 0.25) is 0 Å². The van der Waals surface area contributed by atoms with E-state index >= 15 is 0 Å². The highest BCUT2D eigenvalue weighted by Gasteiger charge is 2.16.